The summed E-state index contributed by atoms with van der Waals surface area (Å²) in [4.78, 5) is 27.7. The predicted molar refractivity (Wildman–Crippen MR) is 101 cm³/mol. The normalized spacial score (nSPS) is 15.2. The average Bonchev–Trinajstić information content (AvgIpc) is 2.65. The molecule has 0 spiro atoms. The van der Waals surface area contributed by atoms with Crippen LogP contribution in [-0.2, 0) is 9.53 Å². The molecule has 1 heterocycles. The monoisotopic (exact) mass is 384 g/mol. The molecule has 0 unspecified atom stereocenters. The van der Waals surface area contributed by atoms with Crippen LogP contribution in [0.5, 0.6) is 0 Å². The smallest absolute Gasteiger partial charge is 0.255 e. The van der Waals surface area contributed by atoms with Crippen LogP contribution in [0, 0.1) is 5.92 Å². The number of likely N-dealkylation sites (tertiary alicyclic amines) is 1. The molecule has 0 aliphatic carbocycles. The van der Waals surface area contributed by atoms with Crippen LogP contribution in [0.3, 0.4) is 0 Å². The molecule has 0 radical (unpaired) electrons. The summed E-state index contributed by atoms with van der Waals surface area (Å²) in [5.74, 6) is -0.00920. The van der Waals surface area contributed by atoms with Crippen LogP contribution in [0.25, 0.3) is 0 Å². The molecule has 1 aromatic carbocycles. The van der Waals surface area contributed by atoms with Gasteiger partial charge in [0.05, 0.1) is 10.6 Å². The number of amides is 2. The third kappa shape index (κ3) is 5.62. The number of hydrogen-bond acceptors (Lipinski definition) is 4. The van der Waals surface area contributed by atoms with E-state index in [2.05, 4.69) is 5.32 Å². The number of nitrogens with zero attached hydrogens (tertiary/aromatic N) is 1. The molecule has 5 nitrogen and oxygen atoms in total. The quantitative estimate of drug-likeness (QED) is 0.579. The topological polar surface area (TPSA) is 58.6 Å². The zero-order chi connectivity index (χ0) is 18.2. The Kier molecular flexibility index (Phi) is 8.06. The fourth-order valence-corrected chi connectivity index (χ4v) is 3.52. The van der Waals surface area contributed by atoms with Gasteiger partial charge in [-0.25, -0.2) is 0 Å². The molecule has 1 aliphatic rings. The standard InChI is InChI=1S/C18H25ClN2O3S/c1-24-11-3-8-20-17(22)13-6-9-21(10-7-13)18(23)15-12-14(25-2)4-5-16(15)19/h4-5,12-13H,3,6-11H2,1-2H3,(H,20,22). The van der Waals surface area contributed by atoms with Crippen molar-refractivity contribution in [1.29, 1.82) is 0 Å². The summed E-state index contributed by atoms with van der Waals surface area (Å²) >= 11 is 7.78. The summed E-state index contributed by atoms with van der Waals surface area (Å²) in [5, 5.41) is 3.41. The second kappa shape index (κ2) is 10.0. The van der Waals surface area contributed by atoms with E-state index in [1.807, 2.05) is 18.4 Å². The minimum atomic E-state index is -0.0557. The summed E-state index contributed by atoms with van der Waals surface area (Å²) in [6.07, 6.45) is 4.14. The summed E-state index contributed by atoms with van der Waals surface area (Å²) in [6.45, 7) is 2.43. The Labute approximate surface area is 158 Å². The first kappa shape index (κ1) is 20.1. The average molecular weight is 385 g/mol. The number of carbonyl (C=O) groups excluding carboxylic acids is 2. The highest BCUT2D eigenvalue weighted by atomic mass is 35.5. The number of methoxy groups -OCH3 is 1. The van der Waals surface area contributed by atoms with Crippen molar-refractivity contribution in [3.8, 4) is 0 Å². The third-order valence-electron chi connectivity index (χ3n) is 4.38. The summed E-state index contributed by atoms with van der Waals surface area (Å²) in [7, 11) is 1.65. The maximum atomic E-state index is 12.7. The third-order valence-corrected chi connectivity index (χ3v) is 5.44. The van der Waals surface area contributed by atoms with Gasteiger partial charge in [0.1, 0.15) is 0 Å². The van der Waals surface area contributed by atoms with Gasteiger partial charge in [0.2, 0.25) is 5.91 Å². The number of nitrogens with one attached hydrogen (secondary N) is 1. The number of piperidine rings is 1. The molecule has 0 atom stereocenters. The van der Waals surface area contributed by atoms with E-state index in [1.165, 1.54) is 0 Å². The van der Waals surface area contributed by atoms with Crippen LogP contribution in [0.15, 0.2) is 23.1 Å². The molecule has 0 aromatic heterocycles. The Hall–Kier alpha value is -1.24. The number of halogens is 1. The lowest BCUT2D eigenvalue weighted by molar-refractivity contribution is -0.126. The molecule has 0 saturated carbocycles. The van der Waals surface area contributed by atoms with Crippen molar-refractivity contribution in [3.05, 3.63) is 28.8 Å². The van der Waals surface area contributed by atoms with E-state index in [4.69, 9.17) is 16.3 Å². The largest absolute Gasteiger partial charge is 0.385 e. The van der Waals surface area contributed by atoms with Gasteiger partial charge in [-0.2, -0.15) is 0 Å². The summed E-state index contributed by atoms with van der Waals surface area (Å²) in [6, 6.07) is 5.51. The maximum absolute atomic E-state index is 12.7. The number of benzene rings is 1. The molecule has 1 fully saturated rings. The van der Waals surface area contributed by atoms with E-state index in [0.717, 1.165) is 11.3 Å². The van der Waals surface area contributed by atoms with Crippen LogP contribution >= 0.6 is 23.4 Å². The Morgan fingerprint density at radius 3 is 2.72 bits per heavy atom. The van der Waals surface area contributed by atoms with Gasteiger partial charge in [0, 0.05) is 44.2 Å². The first-order chi connectivity index (χ1) is 12.1. The lowest BCUT2D eigenvalue weighted by Gasteiger charge is -2.31. The van der Waals surface area contributed by atoms with Crippen molar-refractivity contribution in [2.45, 2.75) is 24.2 Å². The Morgan fingerprint density at radius 1 is 1.36 bits per heavy atom. The van der Waals surface area contributed by atoms with Gasteiger partial charge in [0.15, 0.2) is 0 Å². The Balaban J connectivity index is 1.87. The van der Waals surface area contributed by atoms with E-state index < -0.39 is 0 Å². The molecule has 1 aromatic rings. The lowest BCUT2D eigenvalue weighted by atomic mass is 9.95. The highest BCUT2D eigenvalue weighted by Crippen LogP contribution is 2.26. The molecule has 0 bridgehead atoms. The van der Waals surface area contributed by atoms with Crippen LogP contribution in [-0.4, -0.2) is 56.3 Å². The predicted octanol–water partition coefficient (Wildman–Crippen LogP) is 3.07. The van der Waals surface area contributed by atoms with Crippen LogP contribution < -0.4 is 5.32 Å². The molecular weight excluding hydrogens is 360 g/mol. The van der Waals surface area contributed by atoms with Crippen molar-refractivity contribution in [2.75, 3.05) is 39.6 Å². The second-order valence-electron chi connectivity index (χ2n) is 6.05. The molecule has 25 heavy (non-hydrogen) atoms. The Morgan fingerprint density at radius 2 is 2.08 bits per heavy atom. The van der Waals surface area contributed by atoms with Crippen LogP contribution in [0.1, 0.15) is 29.6 Å². The number of rotatable bonds is 7. The zero-order valence-corrected chi connectivity index (χ0v) is 16.3. The Bertz CT molecular complexity index is 604. The van der Waals surface area contributed by atoms with Gasteiger partial charge in [-0.1, -0.05) is 11.6 Å². The lowest BCUT2D eigenvalue weighted by Crippen LogP contribution is -2.43. The fraction of sp³-hybridized carbons (Fsp3) is 0.556. The van der Waals surface area contributed by atoms with E-state index >= 15 is 0 Å². The van der Waals surface area contributed by atoms with Crippen LogP contribution in [0.4, 0.5) is 0 Å². The first-order valence-corrected chi connectivity index (χ1v) is 10.1. The van der Waals surface area contributed by atoms with E-state index in [9.17, 15) is 9.59 Å². The van der Waals surface area contributed by atoms with E-state index in [1.54, 1.807) is 29.8 Å². The highest BCUT2D eigenvalue weighted by Gasteiger charge is 2.28. The molecule has 1 aliphatic heterocycles. The van der Waals surface area contributed by atoms with Gasteiger partial charge in [-0.15, -0.1) is 11.8 Å². The molecule has 2 rings (SSSR count). The molecular formula is C18H25ClN2O3S. The van der Waals surface area contributed by atoms with Crippen molar-refractivity contribution in [3.63, 3.8) is 0 Å². The minimum Gasteiger partial charge on any atom is -0.385 e. The molecule has 2 amide bonds. The number of hydrogen-bond donors (Lipinski definition) is 1. The molecule has 1 N–H and O–H groups in total. The van der Waals surface area contributed by atoms with Gasteiger partial charge >= 0.3 is 0 Å². The van der Waals surface area contributed by atoms with Crippen molar-refractivity contribution >= 4 is 35.2 Å². The molecule has 7 heteroatoms. The van der Waals surface area contributed by atoms with Crippen molar-refractivity contribution < 1.29 is 14.3 Å². The fourth-order valence-electron chi connectivity index (χ4n) is 2.88. The van der Waals surface area contributed by atoms with E-state index in [0.29, 0.717) is 49.7 Å². The SMILES string of the molecule is COCCCNC(=O)C1CCN(C(=O)c2cc(SC)ccc2Cl)CC1. The number of thioether (sulfide) groups is 1. The van der Waals surface area contributed by atoms with Crippen LogP contribution in [0.2, 0.25) is 5.02 Å². The van der Waals surface area contributed by atoms with Gasteiger partial charge < -0.3 is 15.0 Å². The first-order valence-electron chi connectivity index (χ1n) is 8.46. The molecule has 1 saturated heterocycles. The number of ether oxygens (including phenoxy) is 1. The second-order valence-corrected chi connectivity index (χ2v) is 7.34. The minimum absolute atomic E-state index is 0.0281. The maximum Gasteiger partial charge on any atom is 0.255 e. The summed E-state index contributed by atoms with van der Waals surface area (Å²) < 4.78 is 4.97. The summed E-state index contributed by atoms with van der Waals surface area (Å²) in [5.41, 5.74) is 0.538. The van der Waals surface area contributed by atoms with Gasteiger partial charge in [-0.05, 0) is 43.7 Å². The highest BCUT2D eigenvalue weighted by molar-refractivity contribution is 7.98. The van der Waals surface area contributed by atoms with Gasteiger partial charge in [0.25, 0.3) is 5.91 Å². The number of carbonyl (C=O) groups is 2. The molecule has 138 valence electrons. The van der Waals surface area contributed by atoms with E-state index in [-0.39, 0.29) is 17.7 Å². The zero-order valence-electron chi connectivity index (χ0n) is 14.7. The van der Waals surface area contributed by atoms with Crippen molar-refractivity contribution in [1.82, 2.24) is 10.2 Å². The van der Waals surface area contributed by atoms with Gasteiger partial charge in [-0.3, -0.25) is 9.59 Å². The van der Waals surface area contributed by atoms with Crippen molar-refractivity contribution in [2.24, 2.45) is 5.92 Å².